The summed E-state index contributed by atoms with van der Waals surface area (Å²) in [4.78, 5) is 28.4. The molecule has 220 valence electrons. The Morgan fingerprint density at radius 2 is 1.80 bits per heavy atom. The number of nitrogen functional groups attached to an aromatic ring is 1. The summed E-state index contributed by atoms with van der Waals surface area (Å²) in [5, 5.41) is 16.9. The summed E-state index contributed by atoms with van der Waals surface area (Å²) in [6.07, 6.45) is 3.67. The van der Waals surface area contributed by atoms with Gasteiger partial charge in [0.05, 0.1) is 21.8 Å². The molecule has 44 heavy (non-hydrogen) atoms. The normalized spacial score (nSPS) is 16.2. The second kappa shape index (κ2) is 9.12. The Hall–Kier alpha value is -5.25. The molecule has 3 aromatic heterocycles. The van der Waals surface area contributed by atoms with E-state index in [4.69, 9.17) is 20.6 Å². The Morgan fingerprint density at radius 3 is 2.57 bits per heavy atom. The van der Waals surface area contributed by atoms with Gasteiger partial charge in [-0.3, -0.25) is 9.36 Å². The molecule has 3 N–H and O–H groups in total. The van der Waals surface area contributed by atoms with Gasteiger partial charge in [0.2, 0.25) is 0 Å². The predicted octanol–water partition coefficient (Wildman–Crippen LogP) is 5.10. The summed E-state index contributed by atoms with van der Waals surface area (Å²) in [5.41, 5.74) is 10.8. The van der Waals surface area contributed by atoms with Crippen LogP contribution in [0.1, 0.15) is 49.2 Å². The molecule has 3 aromatic carbocycles. The molecule has 2 aliphatic rings. The van der Waals surface area contributed by atoms with Crippen LogP contribution < -0.4 is 16.0 Å². The molecular formula is C34H31N7O3. The molecule has 10 heteroatoms. The van der Waals surface area contributed by atoms with Gasteiger partial charge in [-0.15, -0.1) is 0 Å². The third-order valence-electron chi connectivity index (χ3n) is 8.96. The van der Waals surface area contributed by atoms with Crippen molar-refractivity contribution in [3.05, 3.63) is 99.9 Å². The van der Waals surface area contributed by atoms with Gasteiger partial charge in [-0.05, 0) is 62.9 Å². The van der Waals surface area contributed by atoms with Crippen LogP contribution in [0.2, 0.25) is 0 Å². The fourth-order valence-corrected chi connectivity index (χ4v) is 6.83. The number of nitrogens with zero attached hydrogens (tertiary/aromatic N) is 6. The molecule has 0 spiro atoms. The monoisotopic (exact) mass is 585 g/mol. The van der Waals surface area contributed by atoms with Crippen molar-refractivity contribution >= 4 is 27.8 Å². The minimum atomic E-state index is -0.491. The summed E-state index contributed by atoms with van der Waals surface area (Å²) in [6.45, 7) is 6.10. The molecule has 0 radical (unpaired) electrons. The largest absolute Gasteiger partial charge is 0.504 e. The number of aryl methyl sites for hydroxylation is 1. The molecule has 0 bridgehead atoms. The SMILES string of the molecule is Cc1cccc2nc(Cn3nc(-c4ccc(O)c5c4CC(C)(C)O5)c4c(N)ncnc43)n(C3(c4ccccc4)CC3)c(=O)c12. The van der Waals surface area contributed by atoms with E-state index in [1.165, 1.54) is 6.33 Å². The highest BCUT2D eigenvalue weighted by Crippen LogP contribution is 2.50. The number of anilines is 1. The zero-order chi connectivity index (χ0) is 30.4. The second-order valence-electron chi connectivity index (χ2n) is 12.5. The van der Waals surface area contributed by atoms with Gasteiger partial charge < -0.3 is 15.6 Å². The van der Waals surface area contributed by atoms with E-state index in [0.29, 0.717) is 51.4 Å². The third-order valence-corrected chi connectivity index (χ3v) is 8.96. The van der Waals surface area contributed by atoms with Gasteiger partial charge >= 0.3 is 0 Å². The third kappa shape index (κ3) is 3.83. The highest BCUT2D eigenvalue weighted by molar-refractivity contribution is 5.99. The minimum Gasteiger partial charge on any atom is -0.504 e. The molecule has 0 saturated heterocycles. The summed E-state index contributed by atoms with van der Waals surface area (Å²) in [5.74, 6) is 1.41. The van der Waals surface area contributed by atoms with Crippen LogP contribution in [-0.2, 0) is 18.5 Å². The first-order valence-corrected chi connectivity index (χ1v) is 14.8. The van der Waals surface area contributed by atoms with Gasteiger partial charge in [0.25, 0.3) is 5.56 Å². The highest BCUT2D eigenvalue weighted by Gasteiger charge is 2.48. The van der Waals surface area contributed by atoms with Crippen LogP contribution in [-0.4, -0.2) is 40.0 Å². The van der Waals surface area contributed by atoms with E-state index < -0.39 is 11.1 Å². The Kier molecular flexibility index (Phi) is 5.47. The van der Waals surface area contributed by atoms with E-state index in [1.807, 2.05) is 67.8 Å². The molecule has 1 fully saturated rings. The molecular weight excluding hydrogens is 554 g/mol. The van der Waals surface area contributed by atoms with E-state index in [2.05, 4.69) is 22.1 Å². The van der Waals surface area contributed by atoms with Gasteiger partial charge in [-0.2, -0.15) is 5.10 Å². The van der Waals surface area contributed by atoms with Gasteiger partial charge in [0.15, 0.2) is 17.1 Å². The molecule has 4 heterocycles. The lowest BCUT2D eigenvalue weighted by Gasteiger charge is -2.24. The van der Waals surface area contributed by atoms with Crippen molar-refractivity contribution in [2.45, 2.75) is 57.7 Å². The van der Waals surface area contributed by atoms with Gasteiger partial charge in [-0.25, -0.2) is 19.6 Å². The molecule has 8 rings (SSSR count). The lowest BCUT2D eigenvalue weighted by atomic mass is 9.95. The van der Waals surface area contributed by atoms with Crippen LogP contribution in [0.5, 0.6) is 11.5 Å². The van der Waals surface area contributed by atoms with Crippen molar-refractivity contribution in [2.24, 2.45) is 0 Å². The molecule has 0 atom stereocenters. The number of fused-ring (bicyclic) bond motifs is 3. The molecule has 0 unspecified atom stereocenters. The van der Waals surface area contributed by atoms with E-state index in [0.717, 1.165) is 35.1 Å². The van der Waals surface area contributed by atoms with Gasteiger partial charge in [0, 0.05) is 17.5 Å². The van der Waals surface area contributed by atoms with Crippen LogP contribution >= 0.6 is 0 Å². The number of benzene rings is 3. The Morgan fingerprint density at radius 1 is 1.00 bits per heavy atom. The van der Waals surface area contributed by atoms with E-state index in [1.54, 1.807) is 10.7 Å². The van der Waals surface area contributed by atoms with Gasteiger partial charge in [0.1, 0.15) is 35.8 Å². The molecule has 0 amide bonds. The number of aromatic nitrogens is 6. The van der Waals surface area contributed by atoms with Crippen LogP contribution in [0, 0.1) is 6.92 Å². The smallest absolute Gasteiger partial charge is 0.262 e. The number of rotatable bonds is 5. The van der Waals surface area contributed by atoms with Crippen LogP contribution in [0.4, 0.5) is 5.82 Å². The number of hydrogen-bond acceptors (Lipinski definition) is 8. The summed E-state index contributed by atoms with van der Waals surface area (Å²) in [6, 6.07) is 19.4. The predicted molar refractivity (Wildman–Crippen MR) is 168 cm³/mol. The zero-order valence-electron chi connectivity index (χ0n) is 24.7. The maximum Gasteiger partial charge on any atom is 0.262 e. The van der Waals surface area contributed by atoms with Crippen molar-refractivity contribution in [2.75, 3.05) is 5.73 Å². The molecule has 1 aliphatic heterocycles. The van der Waals surface area contributed by atoms with E-state index in [9.17, 15) is 9.90 Å². The zero-order valence-corrected chi connectivity index (χ0v) is 24.7. The van der Waals surface area contributed by atoms with Crippen molar-refractivity contribution in [1.29, 1.82) is 0 Å². The van der Waals surface area contributed by atoms with Gasteiger partial charge in [-0.1, -0.05) is 42.5 Å². The Balaban J connectivity index is 1.36. The highest BCUT2D eigenvalue weighted by atomic mass is 16.5. The van der Waals surface area contributed by atoms with Crippen molar-refractivity contribution in [3.8, 4) is 22.8 Å². The summed E-state index contributed by atoms with van der Waals surface area (Å²) in [7, 11) is 0. The molecule has 1 saturated carbocycles. The quantitative estimate of drug-likeness (QED) is 0.286. The number of hydrogen-bond donors (Lipinski definition) is 2. The number of aromatic hydroxyl groups is 1. The Labute approximate surface area is 252 Å². The number of phenolic OH excluding ortho intramolecular Hbond substituents is 1. The molecule has 6 aromatic rings. The lowest BCUT2D eigenvalue weighted by Crippen LogP contribution is -2.36. The first-order valence-electron chi connectivity index (χ1n) is 14.8. The van der Waals surface area contributed by atoms with Crippen molar-refractivity contribution < 1.29 is 9.84 Å². The molecule has 10 nitrogen and oxygen atoms in total. The topological polar surface area (TPSA) is 134 Å². The first-order chi connectivity index (χ1) is 21.2. The maximum atomic E-state index is 14.4. The van der Waals surface area contributed by atoms with Crippen LogP contribution in [0.3, 0.4) is 0 Å². The average molecular weight is 586 g/mol. The standard InChI is InChI=1S/C34H31N7O3/c1-19-8-7-11-23-26(19)32(43)41(34(14-15-34)20-9-5-4-6-10-20)25(38-23)17-40-31-27(30(35)36-18-37-31)28(39-40)21-12-13-24(42)29-22(21)16-33(2,3)44-29/h4-13,18,42H,14-17H2,1-3H3,(H2,35,36,37). The summed E-state index contributed by atoms with van der Waals surface area (Å²) >= 11 is 0. The summed E-state index contributed by atoms with van der Waals surface area (Å²) < 4.78 is 9.74. The lowest BCUT2D eigenvalue weighted by molar-refractivity contribution is 0.134. The number of ether oxygens (including phenoxy) is 1. The maximum absolute atomic E-state index is 14.4. The fourth-order valence-electron chi connectivity index (χ4n) is 6.83. The molecule has 1 aliphatic carbocycles. The average Bonchev–Trinajstić information content (AvgIpc) is 3.60. The number of nitrogens with two attached hydrogens (primary N) is 1. The van der Waals surface area contributed by atoms with Crippen LogP contribution in [0.15, 0.2) is 71.8 Å². The number of phenols is 1. The van der Waals surface area contributed by atoms with Crippen molar-refractivity contribution in [1.82, 2.24) is 29.3 Å². The minimum absolute atomic E-state index is 0.0639. The first kappa shape index (κ1) is 26.4. The van der Waals surface area contributed by atoms with Crippen molar-refractivity contribution in [3.63, 3.8) is 0 Å². The fraction of sp³-hybridized carbons (Fsp3) is 0.265. The Bertz CT molecular complexity index is 2200. The van der Waals surface area contributed by atoms with E-state index in [-0.39, 0.29) is 17.9 Å². The second-order valence-corrected chi connectivity index (χ2v) is 12.5. The van der Waals surface area contributed by atoms with Crippen LogP contribution in [0.25, 0.3) is 33.2 Å². The van der Waals surface area contributed by atoms with E-state index >= 15 is 0 Å².